The predicted octanol–water partition coefficient (Wildman–Crippen LogP) is 4.25. The fourth-order valence-corrected chi connectivity index (χ4v) is 2.27. The molecule has 0 fully saturated rings. The molecular weight excluding hydrogens is 423 g/mol. The number of ether oxygens (including phenoxy) is 1. The molecule has 2 aromatic rings. The van der Waals surface area contributed by atoms with Gasteiger partial charge in [0.2, 0.25) is 0 Å². The first-order valence-corrected chi connectivity index (χ1v) is 8.12. The number of hydrogen-bond acceptors (Lipinski definition) is 5. The number of carbonyl (C=O) groups is 2. The van der Waals surface area contributed by atoms with Crippen molar-refractivity contribution < 1.29 is 18.7 Å². The Kier molecular flexibility index (Phi) is 6.42. The molecule has 126 valence electrons. The lowest BCUT2D eigenvalue weighted by Crippen LogP contribution is -2.21. The molecule has 9 heteroatoms. The summed E-state index contributed by atoms with van der Waals surface area (Å²) in [6.45, 7) is 1.21. The fraction of sp³-hybridized carbons (Fsp3) is 0.133. The summed E-state index contributed by atoms with van der Waals surface area (Å²) in [6, 6.07) is 3.35. The van der Waals surface area contributed by atoms with E-state index in [9.17, 15) is 9.59 Å². The Balaban J connectivity index is 1.86. The van der Waals surface area contributed by atoms with E-state index >= 15 is 0 Å². The molecule has 24 heavy (non-hydrogen) atoms. The number of amides is 1. The van der Waals surface area contributed by atoms with Crippen LogP contribution in [0.5, 0.6) is 0 Å². The van der Waals surface area contributed by atoms with Crippen LogP contribution in [0.2, 0.25) is 10.0 Å². The zero-order valence-corrected chi connectivity index (χ0v) is 15.4. The van der Waals surface area contributed by atoms with Crippen LogP contribution in [0.3, 0.4) is 0 Å². The Morgan fingerprint density at radius 1 is 1.42 bits per heavy atom. The summed E-state index contributed by atoms with van der Waals surface area (Å²) < 4.78 is 10.5. The molecule has 0 aromatic carbocycles. The minimum absolute atomic E-state index is 0.149. The van der Waals surface area contributed by atoms with Gasteiger partial charge in [-0.05, 0) is 46.6 Å². The molecule has 6 nitrogen and oxygen atoms in total. The van der Waals surface area contributed by atoms with Gasteiger partial charge in [0.1, 0.15) is 5.76 Å². The summed E-state index contributed by atoms with van der Waals surface area (Å²) in [5.41, 5.74) is 0.591. The van der Waals surface area contributed by atoms with E-state index in [0.29, 0.717) is 21.0 Å². The number of carbonyl (C=O) groups excluding carboxylic acids is 2. The van der Waals surface area contributed by atoms with Gasteiger partial charge in [0.05, 0.1) is 10.0 Å². The number of halogens is 3. The zero-order chi connectivity index (χ0) is 17.7. The molecule has 1 amide bonds. The van der Waals surface area contributed by atoms with Crippen LogP contribution >= 0.6 is 39.1 Å². The van der Waals surface area contributed by atoms with Gasteiger partial charge in [-0.3, -0.25) is 4.79 Å². The number of rotatable bonds is 5. The Labute approximate surface area is 155 Å². The van der Waals surface area contributed by atoms with Gasteiger partial charge in [-0.2, -0.15) is 0 Å². The van der Waals surface area contributed by atoms with Crippen LogP contribution in [0.4, 0.5) is 5.82 Å². The van der Waals surface area contributed by atoms with E-state index in [1.807, 2.05) is 0 Å². The first kappa shape index (κ1) is 18.5. The molecule has 2 rings (SSSR count). The van der Waals surface area contributed by atoms with Gasteiger partial charge in [0.15, 0.2) is 17.1 Å². The molecule has 0 aliphatic carbocycles. The largest absolute Gasteiger partial charge is 0.452 e. The fourth-order valence-electron chi connectivity index (χ4n) is 1.57. The van der Waals surface area contributed by atoms with Gasteiger partial charge in [-0.15, -0.1) is 0 Å². The molecule has 0 aliphatic rings. The number of furan rings is 1. The Bertz CT molecular complexity index is 805. The average Bonchev–Trinajstić information content (AvgIpc) is 2.97. The van der Waals surface area contributed by atoms with E-state index in [4.69, 9.17) is 32.4 Å². The van der Waals surface area contributed by atoms with Crippen molar-refractivity contribution in [2.24, 2.45) is 0 Å². The Morgan fingerprint density at radius 3 is 2.83 bits per heavy atom. The normalized spacial score (nSPS) is 10.8. The van der Waals surface area contributed by atoms with E-state index in [1.54, 1.807) is 19.1 Å². The van der Waals surface area contributed by atoms with Crippen molar-refractivity contribution >= 4 is 62.9 Å². The maximum atomic E-state index is 11.8. The molecule has 0 bridgehead atoms. The number of nitrogens with one attached hydrogen (secondary N) is 1. The summed E-state index contributed by atoms with van der Waals surface area (Å²) >= 11 is 15.0. The molecule has 0 aliphatic heterocycles. The highest BCUT2D eigenvalue weighted by molar-refractivity contribution is 9.10. The quantitative estimate of drug-likeness (QED) is 0.563. The summed E-state index contributed by atoms with van der Waals surface area (Å²) in [5, 5.41) is 3.06. The highest BCUT2D eigenvalue weighted by Crippen LogP contribution is 2.28. The molecule has 1 N–H and O–H groups in total. The first-order chi connectivity index (χ1) is 11.4. The topological polar surface area (TPSA) is 81.4 Å². The number of pyridine rings is 1. The van der Waals surface area contributed by atoms with Gasteiger partial charge in [0.25, 0.3) is 5.91 Å². The lowest BCUT2D eigenvalue weighted by molar-refractivity contribution is -0.142. The second-order valence-electron chi connectivity index (χ2n) is 4.52. The second kappa shape index (κ2) is 8.32. The highest BCUT2D eigenvalue weighted by Gasteiger charge is 2.12. The number of esters is 1. The molecule has 0 saturated carbocycles. The van der Waals surface area contributed by atoms with Crippen molar-refractivity contribution in [2.45, 2.75) is 6.92 Å². The van der Waals surface area contributed by atoms with E-state index in [1.165, 1.54) is 12.3 Å². The monoisotopic (exact) mass is 432 g/mol. The Morgan fingerprint density at radius 2 is 2.17 bits per heavy atom. The minimum atomic E-state index is -0.691. The molecule has 0 saturated heterocycles. The highest BCUT2D eigenvalue weighted by atomic mass is 79.9. The summed E-state index contributed by atoms with van der Waals surface area (Å²) in [5.74, 6) is -0.649. The lowest BCUT2D eigenvalue weighted by atomic mass is 10.3. The van der Waals surface area contributed by atoms with Crippen LogP contribution in [0, 0.1) is 6.92 Å². The molecule has 0 spiro atoms. The number of aromatic nitrogens is 1. The van der Waals surface area contributed by atoms with Crippen LogP contribution in [0.25, 0.3) is 6.08 Å². The summed E-state index contributed by atoms with van der Waals surface area (Å²) in [6.07, 6.45) is 3.94. The average molecular weight is 434 g/mol. The first-order valence-electron chi connectivity index (χ1n) is 6.57. The van der Waals surface area contributed by atoms with Gasteiger partial charge in [-0.25, -0.2) is 9.78 Å². The smallest absolute Gasteiger partial charge is 0.331 e. The van der Waals surface area contributed by atoms with Crippen molar-refractivity contribution in [3.8, 4) is 0 Å². The Hall–Kier alpha value is -1.83. The molecule has 0 radical (unpaired) electrons. The number of anilines is 1. The van der Waals surface area contributed by atoms with Crippen molar-refractivity contribution in [3.63, 3.8) is 0 Å². The molecule has 2 aromatic heterocycles. The van der Waals surface area contributed by atoms with Crippen LogP contribution in [-0.4, -0.2) is 23.5 Å². The summed E-state index contributed by atoms with van der Waals surface area (Å²) in [7, 11) is 0. The van der Waals surface area contributed by atoms with E-state index < -0.39 is 18.5 Å². The van der Waals surface area contributed by atoms with Crippen molar-refractivity contribution in [1.82, 2.24) is 4.98 Å². The predicted molar refractivity (Wildman–Crippen MR) is 94.0 cm³/mol. The van der Waals surface area contributed by atoms with Crippen LogP contribution < -0.4 is 5.32 Å². The lowest BCUT2D eigenvalue weighted by Gasteiger charge is -2.08. The molecular formula is C15H11BrCl2N2O4. The maximum absolute atomic E-state index is 11.8. The van der Waals surface area contributed by atoms with Crippen molar-refractivity contribution in [1.29, 1.82) is 0 Å². The zero-order valence-electron chi connectivity index (χ0n) is 12.3. The van der Waals surface area contributed by atoms with Gasteiger partial charge >= 0.3 is 5.97 Å². The number of hydrogen-bond donors (Lipinski definition) is 1. The van der Waals surface area contributed by atoms with Crippen LogP contribution in [-0.2, 0) is 14.3 Å². The maximum Gasteiger partial charge on any atom is 0.331 e. The molecule has 2 heterocycles. The summed E-state index contributed by atoms with van der Waals surface area (Å²) in [4.78, 5) is 27.2. The SMILES string of the molecule is Cc1c(Cl)cnc(NC(=O)COC(=O)C=Cc2ccc(Br)o2)c1Cl. The van der Waals surface area contributed by atoms with Gasteiger partial charge < -0.3 is 14.5 Å². The second-order valence-corrected chi connectivity index (χ2v) is 6.09. The van der Waals surface area contributed by atoms with E-state index in [-0.39, 0.29) is 10.8 Å². The third kappa shape index (κ3) is 5.09. The van der Waals surface area contributed by atoms with Crippen LogP contribution in [0.1, 0.15) is 11.3 Å². The minimum Gasteiger partial charge on any atom is -0.452 e. The third-order valence-corrected chi connectivity index (χ3v) is 4.05. The van der Waals surface area contributed by atoms with Gasteiger partial charge in [-0.1, -0.05) is 23.2 Å². The van der Waals surface area contributed by atoms with E-state index in [0.717, 1.165) is 6.08 Å². The van der Waals surface area contributed by atoms with Crippen LogP contribution in [0.15, 0.2) is 33.5 Å². The molecule has 0 unspecified atom stereocenters. The van der Waals surface area contributed by atoms with E-state index in [2.05, 4.69) is 26.2 Å². The van der Waals surface area contributed by atoms with Crippen molar-refractivity contribution in [3.05, 3.63) is 50.4 Å². The standard InChI is InChI=1S/C15H11BrCl2N2O4/c1-8-10(17)6-19-15(14(8)18)20-12(21)7-23-13(22)5-3-9-2-4-11(16)24-9/h2-6H,7H2,1H3,(H,19,20,21). The molecule has 0 atom stereocenters. The number of nitrogens with zero attached hydrogens (tertiary/aromatic N) is 1. The van der Waals surface area contributed by atoms with Gasteiger partial charge in [0, 0.05) is 12.3 Å². The third-order valence-electron chi connectivity index (χ3n) is 2.78. The van der Waals surface area contributed by atoms with Crippen molar-refractivity contribution in [2.75, 3.05) is 11.9 Å².